The molecule has 0 atom stereocenters. The van der Waals surface area contributed by atoms with Crippen molar-refractivity contribution >= 4 is 27.6 Å². The van der Waals surface area contributed by atoms with Crippen LogP contribution in [-0.2, 0) is 4.79 Å². The number of aromatic hydroxyl groups is 1. The van der Waals surface area contributed by atoms with Gasteiger partial charge in [0.2, 0.25) is 5.91 Å². The molecule has 31 heavy (non-hydrogen) atoms. The Hall–Kier alpha value is -4.24. The molecule has 1 amide bonds. The SMILES string of the molecule is C=CC(=O)N1CC(c2nc(C#N)c3cc(-c4cc(O)cc5ccccc45)ccc3n2)C1. The highest BCUT2D eigenvalue weighted by atomic mass is 16.3. The number of hydrogen-bond donors (Lipinski definition) is 1. The normalized spacial score (nSPS) is 13.7. The molecule has 0 bridgehead atoms. The summed E-state index contributed by atoms with van der Waals surface area (Å²) in [4.78, 5) is 22.5. The second-order valence-corrected chi connectivity index (χ2v) is 7.63. The minimum atomic E-state index is -0.111. The van der Waals surface area contributed by atoms with Gasteiger partial charge in [0, 0.05) is 18.5 Å². The molecule has 0 aliphatic carbocycles. The third-order valence-corrected chi connectivity index (χ3v) is 5.71. The number of rotatable bonds is 3. The molecule has 4 aromatic rings. The Morgan fingerprint density at radius 3 is 2.71 bits per heavy atom. The van der Waals surface area contributed by atoms with Crippen molar-refractivity contribution in [3.05, 3.63) is 78.8 Å². The van der Waals surface area contributed by atoms with Crippen LogP contribution in [0.15, 0.2) is 67.3 Å². The summed E-state index contributed by atoms with van der Waals surface area (Å²) in [5.41, 5.74) is 2.74. The molecule has 0 radical (unpaired) electrons. The Bertz CT molecular complexity index is 1410. The molecular weight excluding hydrogens is 388 g/mol. The van der Waals surface area contributed by atoms with Crippen molar-refractivity contribution in [3.63, 3.8) is 0 Å². The third-order valence-electron chi connectivity index (χ3n) is 5.71. The summed E-state index contributed by atoms with van der Waals surface area (Å²) in [7, 11) is 0. The molecule has 1 aliphatic heterocycles. The first-order valence-electron chi connectivity index (χ1n) is 9.92. The van der Waals surface area contributed by atoms with Crippen LogP contribution in [0.1, 0.15) is 17.4 Å². The molecule has 0 saturated carbocycles. The molecule has 1 fully saturated rings. The fourth-order valence-corrected chi connectivity index (χ4v) is 4.07. The van der Waals surface area contributed by atoms with Crippen LogP contribution in [0.25, 0.3) is 32.8 Å². The highest BCUT2D eigenvalue weighted by molar-refractivity contribution is 6.00. The molecule has 6 nitrogen and oxygen atoms in total. The molecule has 3 aromatic carbocycles. The topological polar surface area (TPSA) is 90.1 Å². The maximum atomic E-state index is 11.7. The zero-order chi connectivity index (χ0) is 21.5. The summed E-state index contributed by atoms with van der Waals surface area (Å²) < 4.78 is 0. The van der Waals surface area contributed by atoms with Crippen molar-refractivity contribution in [2.45, 2.75) is 5.92 Å². The summed E-state index contributed by atoms with van der Waals surface area (Å²) in [6.07, 6.45) is 1.30. The number of aromatic nitrogens is 2. The van der Waals surface area contributed by atoms with E-state index >= 15 is 0 Å². The van der Waals surface area contributed by atoms with Gasteiger partial charge in [-0.25, -0.2) is 9.97 Å². The number of phenolic OH excluding ortho intramolecular Hbond substituents is 1. The number of nitriles is 1. The monoisotopic (exact) mass is 406 g/mol. The van der Waals surface area contributed by atoms with E-state index in [4.69, 9.17) is 0 Å². The summed E-state index contributed by atoms with van der Waals surface area (Å²) in [6, 6.07) is 19.2. The number of carbonyl (C=O) groups is 1. The van der Waals surface area contributed by atoms with Crippen LogP contribution in [0, 0.1) is 11.3 Å². The number of nitrogens with zero attached hydrogens (tertiary/aromatic N) is 4. The molecule has 1 aliphatic rings. The van der Waals surface area contributed by atoms with Crippen LogP contribution in [-0.4, -0.2) is 39.0 Å². The first-order valence-corrected chi connectivity index (χ1v) is 9.92. The lowest BCUT2D eigenvalue weighted by Gasteiger charge is -2.37. The van der Waals surface area contributed by atoms with E-state index in [1.165, 1.54) is 6.08 Å². The Labute approximate surface area is 178 Å². The largest absolute Gasteiger partial charge is 0.508 e. The van der Waals surface area contributed by atoms with E-state index < -0.39 is 0 Å². The van der Waals surface area contributed by atoms with Crippen molar-refractivity contribution in [2.24, 2.45) is 0 Å². The van der Waals surface area contributed by atoms with Gasteiger partial charge in [-0.1, -0.05) is 36.9 Å². The van der Waals surface area contributed by atoms with Gasteiger partial charge in [-0.05, 0) is 52.2 Å². The van der Waals surface area contributed by atoms with Crippen LogP contribution in [0.3, 0.4) is 0 Å². The minimum Gasteiger partial charge on any atom is -0.508 e. The molecule has 0 spiro atoms. The maximum Gasteiger partial charge on any atom is 0.246 e. The van der Waals surface area contributed by atoms with E-state index in [1.54, 1.807) is 17.0 Å². The Morgan fingerprint density at radius 1 is 1.13 bits per heavy atom. The lowest BCUT2D eigenvalue weighted by Crippen LogP contribution is -2.48. The lowest BCUT2D eigenvalue weighted by atomic mass is 9.95. The first-order chi connectivity index (χ1) is 15.1. The molecule has 0 unspecified atom stereocenters. The predicted octanol–water partition coefficient (Wildman–Crippen LogP) is 4.14. The Morgan fingerprint density at radius 2 is 1.94 bits per heavy atom. The molecule has 2 heterocycles. The Kier molecular flexibility index (Phi) is 4.37. The van der Waals surface area contributed by atoms with Crippen molar-refractivity contribution in [1.29, 1.82) is 5.26 Å². The standard InChI is InChI=1S/C25H18N4O2/c1-2-24(31)29-13-17(14-29)25-27-22-8-7-16(10-21(22)23(12-26)28-25)20-11-18(30)9-15-5-3-4-6-19(15)20/h2-11,17,30H,1,13-14H2. The third kappa shape index (κ3) is 3.17. The van der Waals surface area contributed by atoms with Crippen LogP contribution in [0.5, 0.6) is 5.75 Å². The van der Waals surface area contributed by atoms with E-state index in [0.717, 1.165) is 21.9 Å². The zero-order valence-corrected chi connectivity index (χ0v) is 16.6. The van der Waals surface area contributed by atoms with Gasteiger partial charge in [0.1, 0.15) is 17.6 Å². The highest BCUT2D eigenvalue weighted by Gasteiger charge is 2.33. The van der Waals surface area contributed by atoms with Crippen LogP contribution in [0.4, 0.5) is 0 Å². The lowest BCUT2D eigenvalue weighted by molar-refractivity contribution is -0.130. The number of likely N-dealkylation sites (tertiary alicyclic amines) is 1. The molecule has 150 valence electrons. The average molecular weight is 406 g/mol. The molecule has 1 saturated heterocycles. The van der Waals surface area contributed by atoms with Gasteiger partial charge >= 0.3 is 0 Å². The molecule has 6 heteroatoms. The summed E-state index contributed by atoms with van der Waals surface area (Å²) in [6.45, 7) is 4.55. The van der Waals surface area contributed by atoms with Gasteiger partial charge in [0.05, 0.1) is 11.4 Å². The van der Waals surface area contributed by atoms with E-state index in [9.17, 15) is 15.2 Å². The van der Waals surface area contributed by atoms with Gasteiger partial charge in [-0.3, -0.25) is 4.79 Å². The zero-order valence-electron chi connectivity index (χ0n) is 16.6. The van der Waals surface area contributed by atoms with E-state index in [-0.39, 0.29) is 17.6 Å². The predicted molar refractivity (Wildman–Crippen MR) is 118 cm³/mol. The Balaban J connectivity index is 1.58. The van der Waals surface area contributed by atoms with Crippen molar-refractivity contribution in [1.82, 2.24) is 14.9 Å². The molecule has 1 N–H and O–H groups in total. The van der Waals surface area contributed by atoms with Crippen LogP contribution >= 0.6 is 0 Å². The molecular formula is C25H18N4O2. The van der Waals surface area contributed by atoms with Gasteiger partial charge in [0.25, 0.3) is 0 Å². The number of carbonyl (C=O) groups excluding carboxylic acids is 1. The van der Waals surface area contributed by atoms with Crippen molar-refractivity contribution in [3.8, 4) is 22.9 Å². The van der Waals surface area contributed by atoms with E-state index in [1.807, 2.05) is 42.5 Å². The molecule has 5 rings (SSSR count). The second-order valence-electron chi connectivity index (χ2n) is 7.63. The second kappa shape index (κ2) is 7.22. The van der Waals surface area contributed by atoms with Crippen LogP contribution < -0.4 is 0 Å². The maximum absolute atomic E-state index is 11.7. The van der Waals surface area contributed by atoms with Gasteiger partial charge in [-0.15, -0.1) is 0 Å². The van der Waals surface area contributed by atoms with Crippen molar-refractivity contribution < 1.29 is 9.90 Å². The summed E-state index contributed by atoms with van der Waals surface area (Å²) in [5.74, 6) is 0.660. The fraction of sp³-hybridized carbons (Fsp3) is 0.120. The van der Waals surface area contributed by atoms with E-state index in [0.29, 0.717) is 35.5 Å². The summed E-state index contributed by atoms with van der Waals surface area (Å²) in [5, 5.41) is 22.5. The number of fused-ring (bicyclic) bond motifs is 2. The number of phenols is 1. The smallest absolute Gasteiger partial charge is 0.246 e. The van der Waals surface area contributed by atoms with Gasteiger partial charge < -0.3 is 10.0 Å². The van der Waals surface area contributed by atoms with Crippen molar-refractivity contribution in [2.75, 3.05) is 13.1 Å². The van der Waals surface area contributed by atoms with E-state index in [2.05, 4.69) is 22.6 Å². The number of benzene rings is 3. The van der Waals surface area contributed by atoms with Gasteiger partial charge in [0.15, 0.2) is 5.69 Å². The highest BCUT2D eigenvalue weighted by Crippen LogP contribution is 2.35. The fourth-order valence-electron chi connectivity index (χ4n) is 4.07. The van der Waals surface area contributed by atoms with Gasteiger partial charge in [-0.2, -0.15) is 5.26 Å². The average Bonchev–Trinajstić information content (AvgIpc) is 2.76. The quantitative estimate of drug-likeness (QED) is 0.517. The summed E-state index contributed by atoms with van der Waals surface area (Å²) >= 11 is 0. The number of amides is 1. The first kappa shape index (κ1) is 18.8. The minimum absolute atomic E-state index is 0.00934. The van der Waals surface area contributed by atoms with Crippen LogP contribution in [0.2, 0.25) is 0 Å². The molecule has 1 aromatic heterocycles. The number of hydrogen-bond acceptors (Lipinski definition) is 5.